The molecule has 0 bridgehead atoms. The van der Waals surface area contributed by atoms with E-state index < -0.39 is 0 Å². The Morgan fingerprint density at radius 3 is 2.18 bits per heavy atom. The van der Waals surface area contributed by atoms with Crippen LogP contribution in [0.3, 0.4) is 0 Å². The van der Waals surface area contributed by atoms with E-state index >= 15 is 0 Å². The molecule has 0 aliphatic rings. The van der Waals surface area contributed by atoms with Crippen LogP contribution in [-0.4, -0.2) is 55.5 Å². The molecule has 7 nitrogen and oxygen atoms in total. The minimum absolute atomic E-state index is 0.198. The molecule has 118 valence electrons. The second-order valence-electron chi connectivity index (χ2n) is 4.66. The number of aromatic nitrogens is 3. The SMILES string of the molecule is COCCN(CCOC)c1nc(N)nc(-c2ccccc2)n1. The number of hydrogen-bond acceptors (Lipinski definition) is 7. The monoisotopic (exact) mass is 303 g/mol. The van der Waals surface area contributed by atoms with Crippen molar-refractivity contribution in [3.8, 4) is 11.4 Å². The van der Waals surface area contributed by atoms with Gasteiger partial charge in [-0.3, -0.25) is 0 Å². The van der Waals surface area contributed by atoms with E-state index in [-0.39, 0.29) is 5.95 Å². The van der Waals surface area contributed by atoms with Crippen molar-refractivity contribution in [3.05, 3.63) is 30.3 Å². The summed E-state index contributed by atoms with van der Waals surface area (Å²) in [6.07, 6.45) is 0. The van der Waals surface area contributed by atoms with Gasteiger partial charge in [0.2, 0.25) is 11.9 Å². The lowest BCUT2D eigenvalue weighted by molar-refractivity contribution is 0.189. The average Bonchev–Trinajstić information content (AvgIpc) is 2.55. The molecule has 0 unspecified atom stereocenters. The molecule has 7 heteroatoms. The molecule has 2 aromatic rings. The Hall–Kier alpha value is -2.25. The third-order valence-electron chi connectivity index (χ3n) is 3.09. The van der Waals surface area contributed by atoms with Gasteiger partial charge in [0.1, 0.15) is 0 Å². The number of benzene rings is 1. The lowest BCUT2D eigenvalue weighted by Gasteiger charge is -2.22. The number of nitrogen functional groups attached to an aromatic ring is 1. The lowest BCUT2D eigenvalue weighted by Crippen LogP contribution is -2.32. The highest BCUT2D eigenvalue weighted by molar-refractivity contribution is 5.57. The average molecular weight is 303 g/mol. The number of hydrogen-bond donors (Lipinski definition) is 1. The summed E-state index contributed by atoms with van der Waals surface area (Å²) in [7, 11) is 3.32. The van der Waals surface area contributed by atoms with Crippen molar-refractivity contribution < 1.29 is 9.47 Å². The molecule has 0 atom stereocenters. The van der Waals surface area contributed by atoms with E-state index in [1.54, 1.807) is 14.2 Å². The van der Waals surface area contributed by atoms with Gasteiger partial charge in [-0.2, -0.15) is 15.0 Å². The van der Waals surface area contributed by atoms with Crippen LogP contribution < -0.4 is 10.6 Å². The molecule has 0 radical (unpaired) electrons. The molecule has 0 spiro atoms. The van der Waals surface area contributed by atoms with Crippen molar-refractivity contribution in [2.45, 2.75) is 0 Å². The van der Waals surface area contributed by atoms with Crippen molar-refractivity contribution in [2.75, 3.05) is 51.2 Å². The van der Waals surface area contributed by atoms with Gasteiger partial charge in [-0.05, 0) is 0 Å². The molecule has 2 rings (SSSR count). The van der Waals surface area contributed by atoms with Gasteiger partial charge in [0, 0.05) is 32.9 Å². The molecule has 1 aromatic heterocycles. The summed E-state index contributed by atoms with van der Waals surface area (Å²) >= 11 is 0. The first-order valence-corrected chi connectivity index (χ1v) is 7.04. The maximum atomic E-state index is 5.84. The van der Waals surface area contributed by atoms with Crippen molar-refractivity contribution in [1.29, 1.82) is 0 Å². The van der Waals surface area contributed by atoms with Crippen LogP contribution in [0.4, 0.5) is 11.9 Å². The quantitative estimate of drug-likeness (QED) is 0.784. The Morgan fingerprint density at radius 1 is 0.955 bits per heavy atom. The van der Waals surface area contributed by atoms with Gasteiger partial charge < -0.3 is 20.1 Å². The number of rotatable bonds is 8. The van der Waals surface area contributed by atoms with E-state index in [0.29, 0.717) is 38.1 Å². The largest absolute Gasteiger partial charge is 0.383 e. The van der Waals surface area contributed by atoms with Crippen LogP contribution in [0.25, 0.3) is 11.4 Å². The summed E-state index contributed by atoms with van der Waals surface area (Å²) in [6.45, 7) is 2.43. The summed E-state index contributed by atoms with van der Waals surface area (Å²) in [6, 6.07) is 9.68. The van der Waals surface area contributed by atoms with Gasteiger partial charge in [-0.15, -0.1) is 0 Å². The van der Waals surface area contributed by atoms with Crippen LogP contribution in [-0.2, 0) is 9.47 Å². The summed E-state index contributed by atoms with van der Waals surface area (Å²) in [5.41, 5.74) is 6.74. The Labute approximate surface area is 130 Å². The van der Waals surface area contributed by atoms with E-state index in [2.05, 4.69) is 15.0 Å². The molecular weight excluding hydrogens is 282 g/mol. The zero-order valence-corrected chi connectivity index (χ0v) is 12.9. The van der Waals surface area contributed by atoms with Gasteiger partial charge >= 0.3 is 0 Å². The molecule has 0 aliphatic carbocycles. The van der Waals surface area contributed by atoms with E-state index in [1.165, 1.54) is 0 Å². The van der Waals surface area contributed by atoms with E-state index in [9.17, 15) is 0 Å². The first kappa shape index (κ1) is 16.1. The highest BCUT2D eigenvalue weighted by Gasteiger charge is 2.13. The minimum Gasteiger partial charge on any atom is -0.383 e. The Kier molecular flexibility index (Phi) is 6.05. The van der Waals surface area contributed by atoms with Gasteiger partial charge in [0.05, 0.1) is 13.2 Å². The standard InChI is InChI=1S/C15H21N5O2/c1-21-10-8-20(9-11-22-2)15-18-13(17-14(16)19-15)12-6-4-3-5-7-12/h3-7H,8-11H2,1-2H3,(H2,16,17,18,19). The fraction of sp³-hybridized carbons (Fsp3) is 0.400. The van der Waals surface area contributed by atoms with Crippen LogP contribution in [0.2, 0.25) is 0 Å². The second-order valence-corrected chi connectivity index (χ2v) is 4.66. The molecule has 0 fully saturated rings. The predicted molar refractivity (Wildman–Crippen MR) is 85.6 cm³/mol. The molecule has 0 aliphatic heterocycles. The molecule has 0 saturated carbocycles. The van der Waals surface area contributed by atoms with Crippen LogP contribution in [0, 0.1) is 0 Å². The van der Waals surface area contributed by atoms with Crippen molar-refractivity contribution >= 4 is 11.9 Å². The molecule has 1 heterocycles. The van der Waals surface area contributed by atoms with Gasteiger partial charge in [0.25, 0.3) is 0 Å². The van der Waals surface area contributed by atoms with E-state index in [1.807, 2.05) is 35.2 Å². The normalized spacial score (nSPS) is 10.6. The zero-order valence-electron chi connectivity index (χ0n) is 12.9. The first-order chi connectivity index (χ1) is 10.7. The fourth-order valence-corrected chi connectivity index (χ4v) is 1.95. The highest BCUT2D eigenvalue weighted by Crippen LogP contribution is 2.18. The number of methoxy groups -OCH3 is 2. The topological polar surface area (TPSA) is 86.4 Å². The Morgan fingerprint density at radius 2 is 1.59 bits per heavy atom. The Balaban J connectivity index is 2.29. The van der Waals surface area contributed by atoms with Crippen LogP contribution in [0.5, 0.6) is 0 Å². The fourth-order valence-electron chi connectivity index (χ4n) is 1.95. The maximum Gasteiger partial charge on any atom is 0.230 e. The lowest BCUT2D eigenvalue weighted by atomic mass is 10.2. The van der Waals surface area contributed by atoms with Crippen LogP contribution in [0.1, 0.15) is 0 Å². The van der Waals surface area contributed by atoms with Crippen molar-refractivity contribution in [1.82, 2.24) is 15.0 Å². The van der Waals surface area contributed by atoms with Gasteiger partial charge in [0.15, 0.2) is 5.82 Å². The first-order valence-electron chi connectivity index (χ1n) is 7.04. The zero-order chi connectivity index (χ0) is 15.8. The molecule has 1 aromatic carbocycles. The maximum absolute atomic E-state index is 5.84. The third-order valence-corrected chi connectivity index (χ3v) is 3.09. The van der Waals surface area contributed by atoms with Gasteiger partial charge in [-0.25, -0.2) is 0 Å². The minimum atomic E-state index is 0.198. The molecule has 0 amide bonds. The highest BCUT2D eigenvalue weighted by atomic mass is 16.5. The Bertz CT molecular complexity index is 571. The third kappa shape index (κ3) is 4.37. The number of nitrogens with zero attached hydrogens (tertiary/aromatic N) is 4. The summed E-state index contributed by atoms with van der Waals surface area (Å²) in [4.78, 5) is 14.9. The predicted octanol–water partition coefficient (Wildman–Crippen LogP) is 1.22. The van der Waals surface area contributed by atoms with Crippen molar-refractivity contribution in [3.63, 3.8) is 0 Å². The number of ether oxygens (including phenoxy) is 2. The van der Waals surface area contributed by atoms with Crippen LogP contribution >= 0.6 is 0 Å². The summed E-state index contributed by atoms with van der Waals surface area (Å²) < 4.78 is 10.3. The molecule has 2 N–H and O–H groups in total. The second kappa shape index (κ2) is 8.26. The van der Waals surface area contributed by atoms with Crippen molar-refractivity contribution in [2.24, 2.45) is 0 Å². The van der Waals surface area contributed by atoms with Gasteiger partial charge in [-0.1, -0.05) is 30.3 Å². The smallest absolute Gasteiger partial charge is 0.230 e. The number of anilines is 2. The number of nitrogens with two attached hydrogens (primary N) is 1. The molecular formula is C15H21N5O2. The molecule has 22 heavy (non-hydrogen) atoms. The summed E-state index contributed by atoms with van der Waals surface area (Å²) in [5.74, 6) is 1.28. The van der Waals surface area contributed by atoms with E-state index in [4.69, 9.17) is 15.2 Å². The molecule has 0 saturated heterocycles. The van der Waals surface area contributed by atoms with E-state index in [0.717, 1.165) is 5.56 Å². The van der Waals surface area contributed by atoms with Crippen LogP contribution in [0.15, 0.2) is 30.3 Å². The summed E-state index contributed by atoms with van der Waals surface area (Å²) in [5, 5.41) is 0.